The maximum atomic E-state index is 3.52. The van der Waals surface area contributed by atoms with Crippen molar-refractivity contribution in [1.29, 1.82) is 0 Å². The van der Waals surface area contributed by atoms with Crippen LogP contribution in [0.5, 0.6) is 0 Å². The van der Waals surface area contributed by atoms with Crippen molar-refractivity contribution in [2.45, 2.75) is 26.3 Å². The molecule has 0 aliphatic rings. The molecule has 0 amide bonds. The molecule has 0 heterocycles. The first-order chi connectivity index (χ1) is 9.36. The summed E-state index contributed by atoms with van der Waals surface area (Å²) in [6.07, 6.45) is 4.72. The zero-order valence-corrected chi connectivity index (χ0v) is 13.2. The smallest absolute Gasteiger partial charge is 0.0234 e. The molecule has 0 aromatic heterocycles. The van der Waals surface area contributed by atoms with Crippen LogP contribution < -0.4 is 5.32 Å². The summed E-state index contributed by atoms with van der Waals surface area (Å²) in [6, 6.07) is 10.8. The Hall–Kier alpha value is -0.510. The minimum Gasteiger partial charge on any atom is -0.315 e. The summed E-state index contributed by atoms with van der Waals surface area (Å²) in [4.78, 5) is 2.56. The standard InChI is InChI=1S/C16H28N2S/c1-3-4-12-18(13-10-17-11-14-19-2)15-16-8-6-5-7-9-16/h5-9,17H,3-4,10-15H2,1-2H3. The average Bonchev–Trinajstić information content (AvgIpc) is 2.45. The Morgan fingerprint density at radius 3 is 2.58 bits per heavy atom. The van der Waals surface area contributed by atoms with Crippen molar-refractivity contribution in [2.75, 3.05) is 38.2 Å². The molecule has 19 heavy (non-hydrogen) atoms. The summed E-state index contributed by atoms with van der Waals surface area (Å²) in [7, 11) is 0. The third-order valence-electron chi connectivity index (χ3n) is 3.16. The van der Waals surface area contributed by atoms with E-state index in [0.717, 1.165) is 26.2 Å². The summed E-state index contributed by atoms with van der Waals surface area (Å²) in [6.45, 7) is 7.90. The third kappa shape index (κ3) is 8.30. The Bertz CT molecular complexity index is 303. The molecule has 0 radical (unpaired) electrons. The molecule has 1 rings (SSSR count). The molecule has 0 bridgehead atoms. The number of rotatable bonds is 11. The quantitative estimate of drug-likeness (QED) is 0.627. The Balaban J connectivity index is 2.30. The molecule has 108 valence electrons. The molecule has 0 saturated carbocycles. The molecule has 0 atom stereocenters. The molecule has 0 unspecified atom stereocenters. The van der Waals surface area contributed by atoms with Gasteiger partial charge in [-0.1, -0.05) is 43.7 Å². The van der Waals surface area contributed by atoms with E-state index < -0.39 is 0 Å². The second kappa shape index (κ2) is 11.3. The Morgan fingerprint density at radius 2 is 1.89 bits per heavy atom. The molecule has 2 nitrogen and oxygen atoms in total. The third-order valence-corrected chi connectivity index (χ3v) is 3.78. The number of thioether (sulfide) groups is 1. The minimum absolute atomic E-state index is 1.07. The van der Waals surface area contributed by atoms with E-state index in [9.17, 15) is 0 Å². The summed E-state index contributed by atoms with van der Waals surface area (Å²) >= 11 is 1.90. The Kier molecular flexibility index (Phi) is 9.86. The SMILES string of the molecule is CCCCN(CCNCCSC)Cc1ccccc1. The van der Waals surface area contributed by atoms with Crippen molar-refractivity contribution in [1.82, 2.24) is 10.2 Å². The van der Waals surface area contributed by atoms with Gasteiger partial charge in [0, 0.05) is 31.9 Å². The molecule has 0 fully saturated rings. The molecule has 1 aromatic carbocycles. The predicted molar refractivity (Wildman–Crippen MR) is 87.9 cm³/mol. The number of hydrogen-bond acceptors (Lipinski definition) is 3. The second-order valence-corrected chi connectivity index (χ2v) is 5.84. The van der Waals surface area contributed by atoms with Crippen LogP contribution in [0.4, 0.5) is 0 Å². The Labute approximate surface area is 123 Å². The minimum atomic E-state index is 1.07. The lowest BCUT2D eigenvalue weighted by molar-refractivity contribution is 0.261. The van der Waals surface area contributed by atoms with Gasteiger partial charge in [-0.25, -0.2) is 0 Å². The fourth-order valence-corrected chi connectivity index (χ4v) is 2.38. The summed E-state index contributed by atoms with van der Waals surface area (Å²) in [5, 5.41) is 3.52. The average molecular weight is 280 g/mol. The predicted octanol–water partition coefficient (Wildman–Crippen LogP) is 3.24. The van der Waals surface area contributed by atoms with Crippen LogP contribution in [0, 0.1) is 0 Å². The molecule has 0 saturated heterocycles. The molecule has 3 heteroatoms. The maximum absolute atomic E-state index is 3.52. The van der Waals surface area contributed by atoms with Crippen molar-refractivity contribution in [2.24, 2.45) is 0 Å². The van der Waals surface area contributed by atoms with Gasteiger partial charge in [0.2, 0.25) is 0 Å². The Morgan fingerprint density at radius 1 is 1.11 bits per heavy atom. The van der Waals surface area contributed by atoms with Gasteiger partial charge in [0.05, 0.1) is 0 Å². The van der Waals surface area contributed by atoms with Crippen LogP contribution in [-0.4, -0.2) is 43.1 Å². The maximum Gasteiger partial charge on any atom is 0.0234 e. The molecule has 0 spiro atoms. The number of nitrogens with zero attached hydrogens (tertiary/aromatic N) is 1. The first-order valence-electron chi connectivity index (χ1n) is 7.32. The van der Waals surface area contributed by atoms with Gasteiger partial charge in [0.25, 0.3) is 0 Å². The molecular formula is C16H28N2S. The summed E-state index contributed by atoms with van der Waals surface area (Å²) in [5.41, 5.74) is 1.42. The highest BCUT2D eigenvalue weighted by Gasteiger charge is 2.04. The lowest BCUT2D eigenvalue weighted by Gasteiger charge is -2.22. The fourth-order valence-electron chi connectivity index (χ4n) is 2.03. The van der Waals surface area contributed by atoms with Crippen molar-refractivity contribution < 1.29 is 0 Å². The lowest BCUT2D eigenvalue weighted by Crippen LogP contribution is -2.33. The lowest BCUT2D eigenvalue weighted by atomic mass is 10.2. The number of nitrogens with one attached hydrogen (secondary N) is 1. The van der Waals surface area contributed by atoms with Gasteiger partial charge in [-0.2, -0.15) is 11.8 Å². The van der Waals surface area contributed by atoms with E-state index in [0.29, 0.717) is 0 Å². The number of benzene rings is 1. The number of unbranched alkanes of at least 4 members (excludes halogenated alkanes) is 1. The van der Waals surface area contributed by atoms with Crippen LogP contribution in [0.3, 0.4) is 0 Å². The highest BCUT2D eigenvalue weighted by Crippen LogP contribution is 2.05. The zero-order chi connectivity index (χ0) is 13.8. The summed E-state index contributed by atoms with van der Waals surface area (Å²) < 4.78 is 0. The van der Waals surface area contributed by atoms with E-state index in [2.05, 4.69) is 53.7 Å². The van der Waals surface area contributed by atoms with Crippen LogP contribution in [0.2, 0.25) is 0 Å². The normalized spacial score (nSPS) is 11.1. The molecular weight excluding hydrogens is 252 g/mol. The molecule has 1 N–H and O–H groups in total. The number of hydrogen-bond donors (Lipinski definition) is 1. The molecule has 0 aliphatic carbocycles. The van der Waals surface area contributed by atoms with Gasteiger partial charge in [-0.15, -0.1) is 0 Å². The highest BCUT2D eigenvalue weighted by atomic mass is 32.2. The van der Waals surface area contributed by atoms with Crippen LogP contribution in [-0.2, 0) is 6.54 Å². The first-order valence-corrected chi connectivity index (χ1v) is 8.72. The van der Waals surface area contributed by atoms with Crippen LogP contribution in [0.1, 0.15) is 25.3 Å². The fraction of sp³-hybridized carbons (Fsp3) is 0.625. The van der Waals surface area contributed by atoms with E-state index in [1.807, 2.05) is 11.8 Å². The first kappa shape index (κ1) is 16.5. The molecule has 0 aliphatic heterocycles. The zero-order valence-electron chi connectivity index (χ0n) is 12.4. The second-order valence-electron chi connectivity index (χ2n) is 4.86. The van der Waals surface area contributed by atoms with Crippen molar-refractivity contribution in [3.05, 3.63) is 35.9 Å². The molecule has 1 aromatic rings. The largest absolute Gasteiger partial charge is 0.315 e. The van der Waals surface area contributed by atoms with Gasteiger partial charge in [0.1, 0.15) is 0 Å². The van der Waals surface area contributed by atoms with Crippen LogP contribution >= 0.6 is 11.8 Å². The van der Waals surface area contributed by atoms with E-state index in [-0.39, 0.29) is 0 Å². The summed E-state index contributed by atoms with van der Waals surface area (Å²) in [5.74, 6) is 1.20. The van der Waals surface area contributed by atoms with Gasteiger partial charge >= 0.3 is 0 Å². The van der Waals surface area contributed by atoms with E-state index >= 15 is 0 Å². The van der Waals surface area contributed by atoms with Crippen molar-refractivity contribution >= 4 is 11.8 Å². The van der Waals surface area contributed by atoms with Gasteiger partial charge in [-0.05, 0) is 24.8 Å². The van der Waals surface area contributed by atoms with Crippen LogP contribution in [0.25, 0.3) is 0 Å². The van der Waals surface area contributed by atoms with Crippen LogP contribution in [0.15, 0.2) is 30.3 Å². The topological polar surface area (TPSA) is 15.3 Å². The highest BCUT2D eigenvalue weighted by molar-refractivity contribution is 7.98. The van der Waals surface area contributed by atoms with E-state index in [1.54, 1.807) is 0 Å². The monoisotopic (exact) mass is 280 g/mol. The van der Waals surface area contributed by atoms with Gasteiger partial charge in [-0.3, -0.25) is 4.90 Å². The van der Waals surface area contributed by atoms with Gasteiger partial charge in [0.15, 0.2) is 0 Å². The van der Waals surface area contributed by atoms with Crippen molar-refractivity contribution in [3.63, 3.8) is 0 Å². The van der Waals surface area contributed by atoms with E-state index in [1.165, 1.54) is 30.7 Å². The van der Waals surface area contributed by atoms with Crippen molar-refractivity contribution in [3.8, 4) is 0 Å². The van der Waals surface area contributed by atoms with E-state index in [4.69, 9.17) is 0 Å². The van der Waals surface area contributed by atoms with Gasteiger partial charge < -0.3 is 5.32 Å².